The van der Waals surface area contributed by atoms with Gasteiger partial charge in [-0.1, -0.05) is 79.9 Å². The Kier molecular flexibility index (Phi) is 8.97. The molecule has 0 atom stereocenters. The van der Waals surface area contributed by atoms with E-state index in [1.807, 2.05) is 67.4 Å². The molecule has 0 spiro atoms. The fraction of sp³-hybridized carbons (Fsp3) is 0.385. The zero-order valence-corrected chi connectivity index (χ0v) is 20.4. The van der Waals surface area contributed by atoms with Crippen LogP contribution in [0, 0.1) is 0 Å². The van der Waals surface area contributed by atoms with Crippen LogP contribution in [0.25, 0.3) is 11.1 Å². The molecule has 0 bridgehead atoms. The number of hydrazine groups is 1. The quantitative estimate of drug-likeness (QED) is 0.103. The van der Waals surface area contributed by atoms with E-state index in [2.05, 4.69) is 15.8 Å². The predicted octanol–water partition coefficient (Wildman–Crippen LogP) is 3.41. The second kappa shape index (κ2) is 12.1. The summed E-state index contributed by atoms with van der Waals surface area (Å²) in [4.78, 5) is 18.8. The molecule has 0 saturated heterocycles. The van der Waals surface area contributed by atoms with E-state index < -0.39 is 5.54 Å². The van der Waals surface area contributed by atoms with E-state index in [1.165, 1.54) is 0 Å². The Morgan fingerprint density at radius 1 is 1.17 bits per heavy atom. The third-order valence-electron chi connectivity index (χ3n) is 6.32. The number of amidine groups is 2. The van der Waals surface area contributed by atoms with E-state index in [0.29, 0.717) is 30.3 Å². The zero-order chi connectivity index (χ0) is 25.3. The molecule has 35 heavy (non-hydrogen) atoms. The van der Waals surface area contributed by atoms with Crippen LogP contribution in [0.15, 0.2) is 63.8 Å². The number of oxime groups is 1. The summed E-state index contributed by atoms with van der Waals surface area (Å²) in [5.41, 5.74) is 11.8. The first kappa shape index (κ1) is 25.9. The minimum absolute atomic E-state index is 0.301. The van der Waals surface area contributed by atoms with E-state index in [1.54, 1.807) is 0 Å². The van der Waals surface area contributed by atoms with Crippen LogP contribution >= 0.6 is 0 Å². The number of nitrogens with zero attached hydrogens (tertiary/aromatic N) is 4. The van der Waals surface area contributed by atoms with Gasteiger partial charge in [0.15, 0.2) is 5.84 Å². The standard InChI is InChI=1S/C26H35N7O2/c1-3-8-23(31-35)25(29-26(18-34)15-6-7-16-26)33(2)17-19-11-13-20(14-12-19)21-9-4-5-10-22(21)24(27)30-32-28/h4-5,9-14,18,32,35H,3,6-8,15-17,28H2,1-2H3,(H2,27,30)/b29-25-,31-23-. The molecule has 0 unspecified atom stereocenters. The molecule has 2 aromatic carbocycles. The Morgan fingerprint density at radius 3 is 2.46 bits per heavy atom. The van der Waals surface area contributed by atoms with Crippen molar-refractivity contribution in [2.75, 3.05) is 7.05 Å². The highest BCUT2D eigenvalue weighted by molar-refractivity contribution is 6.41. The molecule has 1 aliphatic carbocycles. The highest BCUT2D eigenvalue weighted by atomic mass is 16.4. The maximum atomic E-state index is 11.9. The molecule has 0 aliphatic heterocycles. The Bertz CT molecular complexity index is 1090. The van der Waals surface area contributed by atoms with Gasteiger partial charge in [0.1, 0.15) is 23.4 Å². The van der Waals surface area contributed by atoms with Crippen LogP contribution in [-0.4, -0.2) is 46.4 Å². The van der Waals surface area contributed by atoms with Gasteiger partial charge in [0.25, 0.3) is 0 Å². The number of hydrogen-bond acceptors (Lipinski definition) is 7. The summed E-state index contributed by atoms with van der Waals surface area (Å²) in [7, 11) is 1.91. The summed E-state index contributed by atoms with van der Waals surface area (Å²) in [6.07, 6.45) is 5.72. The van der Waals surface area contributed by atoms with Gasteiger partial charge in [-0.3, -0.25) is 4.99 Å². The highest BCUT2D eigenvalue weighted by Crippen LogP contribution is 2.32. The maximum absolute atomic E-state index is 11.9. The number of carbonyl (C=O) groups excluding carboxylic acids is 1. The van der Waals surface area contributed by atoms with Crippen LogP contribution in [0.2, 0.25) is 0 Å². The molecular weight excluding hydrogens is 442 g/mol. The number of aldehydes is 1. The van der Waals surface area contributed by atoms with Crippen LogP contribution in [0.1, 0.15) is 56.6 Å². The van der Waals surface area contributed by atoms with Crippen LogP contribution in [-0.2, 0) is 11.3 Å². The monoisotopic (exact) mass is 477 g/mol. The van der Waals surface area contributed by atoms with Gasteiger partial charge in [0.2, 0.25) is 0 Å². The molecule has 0 amide bonds. The second-order valence-electron chi connectivity index (χ2n) is 8.89. The van der Waals surface area contributed by atoms with Gasteiger partial charge >= 0.3 is 0 Å². The van der Waals surface area contributed by atoms with Gasteiger partial charge in [-0.05, 0) is 36.0 Å². The average Bonchev–Trinajstić information content (AvgIpc) is 3.36. The number of benzene rings is 2. The third kappa shape index (κ3) is 6.24. The normalized spacial score (nSPS) is 16.3. The number of carbonyl (C=O) groups is 1. The third-order valence-corrected chi connectivity index (χ3v) is 6.32. The SMILES string of the molecule is CCCC(=N/O)/C(=N/C1(C=O)CCCC1)N(C)Cc1ccc(-c2ccccc2/C(N)=N/NN)cc1. The van der Waals surface area contributed by atoms with Crippen molar-refractivity contribution >= 4 is 23.7 Å². The summed E-state index contributed by atoms with van der Waals surface area (Å²) in [6.45, 7) is 2.56. The summed E-state index contributed by atoms with van der Waals surface area (Å²) >= 11 is 0. The molecule has 0 radical (unpaired) electrons. The molecule has 0 aromatic heterocycles. The molecule has 6 N–H and O–H groups in total. The van der Waals surface area contributed by atoms with Gasteiger partial charge in [0, 0.05) is 19.2 Å². The fourth-order valence-corrected chi connectivity index (χ4v) is 4.49. The first-order valence-electron chi connectivity index (χ1n) is 11.9. The fourth-order valence-electron chi connectivity index (χ4n) is 4.49. The topological polar surface area (TPSA) is 142 Å². The smallest absolute Gasteiger partial charge is 0.152 e. The molecule has 186 valence electrons. The lowest BCUT2D eigenvalue weighted by molar-refractivity contribution is -0.111. The van der Waals surface area contributed by atoms with Crippen molar-refractivity contribution in [3.63, 3.8) is 0 Å². The number of hydrazone groups is 1. The molecule has 3 rings (SSSR count). The largest absolute Gasteiger partial charge is 0.411 e. The highest BCUT2D eigenvalue weighted by Gasteiger charge is 2.35. The first-order valence-corrected chi connectivity index (χ1v) is 11.9. The summed E-state index contributed by atoms with van der Waals surface area (Å²) in [6, 6.07) is 15.8. The lowest BCUT2D eigenvalue weighted by Gasteiger charge is -2.26. The Balaban J connectivity index is 1.88. The Morgan fingerprint density at radius 2 is 1.86 bits per heavy atom. The van der Waals surface area contributed by atoms with Crippen molar-refractivity contribution in [2.24, 2.45) is 26.8 Å². The number of nitrogens with two attached hydrogens (primary N) is 2. The van der Waals surface area contributed by atoms with Crippen molar-refractivity contribution in [1.82, 2.24) is 10.4 Å². The van der Waals surface area contributed by atoms with Gasteiger partial charge in [0.05, 0.1) is 0 Å². The summed E-state index contributed by atoms with van der Waals surface area (Å²) < 4.78 is 0. The van der Waals surface area contributed by atoms with Crippen LogP contribution in [0.3, 0.4) is 0 Å². The maximum Gasteiger partial charge on any atom is 0.152 e. The van der Waals surface area contributed by atoms with Crippen molar-refractivity contribution in [3.05, 3.63) is 59.7 Å². The minimum atomic E-state index is -0.735. The molecule has 1 aliphatic rings. The molecule has 1 saturated carbocycles. The number of nitrogens with one attached hydrogen (secondary N) is 1. The molecule has 9 heteroatoms. The average molecular weight is 478 g/mol. The number of aliphatic imine (C=N–C) groups is 1. The summed E-state index contributed by atoms with van der Waals surface area (Å²) in [5.74, 6) is 6.16. The van der Waals surface area contributed by atoms with Gasteiger partial charge in [-0.2, -0.15) is 0 Å². The predicted molar refractivity (Wildman–Crippen MR) is 140 cm³/mol. The van der Waals surface area contributed by atoms with E-state index in [-0.39, 0.29) is 0 Å². The summed E-state index contributed by atoms with van der Waals surface area (Å²) in [5, 5.41) is 17.1. The molecule has 1 fully saturated rings. The van der Waals surface area contributed by atoms with Crippen LogP contribution < -0.4 is 17.1 Å². The zero-order valence-electron chi connectivity index (χ0n) is 20.4. The number of rotatable bonds is 10. The molecule has 9 nitrogen and oxygen atoms in total. The van der Waals surface area contributed by atoms with E-state index in [0.717, 1.165) is 60.6 Å². The first-order chi connectivity index (χ1) is 17.0. The van der Waals surface area contributed by atoms with E-state index >= 15 is 0 Å². The molecule has 0 heterocycles. The molecular formula is C26H35N7O2. The van der Waals surface area contributed by atoms with Gasteiger partial charge in [-0.25, -0.2) is 11.4 Å². The van der Waals surface area contributed by atoms with E-state index in [4.69, 9.17) is 16.6 Å². The van der Waals surface area contributed by atoms with E-state index in [9.17, 15) is 10.0 Å². The Labute approximate surface area is 206 Å². The number of hydrogen-bond donors (Lipinski definition) is 4. The van der Waals surface area contributed by atoms with Crippen molar-refractivity contribution < 1.29 is 10.0 Å². The van der Waals surface area contributed by atoms with Crippen molar-refractivity contribution in [2.45, 2.75) is 57.5 Å². The Hall–Kier alpha value is -3.72. The minimum Gasteiger partial charge on any atom is -0.411 e. The van der Waals surface area contributed by atoms with Gasteiger partial charge in [-0.15, -0.1) is 5.10 Å². The van der Waals surface area contributed by atoms with Crippen LogP contribution in [0.5, 0.6) is 0 Å². The second-order valence-corrected chi connectivity index (χ2v) is 8.89. The van der Waals surface area contributed by atoms with Crippen molar-refractivity contribution in [3.8, 4) is 11.1 Å². The van der Waals surface area contributed by atoms with Crippen LogP contribution in [0.4, 0.5) is 0 Å². The lowest BCUT2D eigenvalue weighted by atomic mass is 9.98. The molecule has 2 aromatic rings. The van der Waals surface area contributed by atoms with Crippen molar-refractivity contribution in [1.29, 1.82) is 0 Å². The van der Waals surface area contributed by atoms with Gasteiger partial charge < -0.3 is 20.6 Å². The lowest BCUT2D eigenvalue weighted by Crippen LogP contribution is -2.38.